The highest BCUT2D eigenvalue weighted by molar-refractivity contribution is 7.22. The van der Waals surface area contributed by atoms with Crippen molar-refractivity contribution in [3.8, 4) is 33.4 Å². The summed E-state index contributed by atoms with van der Waals surface area (Å²) in [5.41, 5.74) is 17.9. The zero-order valence-corrected chi connectivity index (χ0v) is 35.4. The smallest absolute Gasteiger partial charge is 0.183 e. The zero-order valence-electron chi connectivity index (χ0n) is 34.4. The Hall–Kier alpha value is -7.20. The number of fused-ring (bicyclic) bond motifs is 9. The van der Waals surface area contributed by atoms with Gasteiger partial charge in [0.1, 0.15) is 0 Å². The third-order valence-electron chi connectivity index (χ3n) is 13.7. The molecule has 0 amide bonds. The molecule has 61 heavy (non-hydrogen) atoms. The molecule has 2 heterocycles. The largest absolute Gasteiger partial charge is 0.337 e. The summed E-state index contributed by atoms with van der Waals surface area (Å²) in [6, 6.07) is 82.0. The van der Waals surface area contributed by atoms with Gasteiger partial charge in [-0.2, -0.15) is 0 Å². The average Bonchev–Trinajstić information content (AvgIpc) is 3.75. The molecule has 0 spiro atoms. The van der Waals surface area contributed by atoms with Crippen molar-refractivity contribution >= 4 is 57.3 Å². The first-order valence-electron chi connectivity index (χ1n) is 21.5. The lowest BCUT2D eigenvalue weighted by atomic mass is 9.82. The van der Waals surface area contributed by atoms with Gasteiger partial charge in [0.25, 0.3) is 0 Å². The van der Waals surface area contributed by atoms with Gasteiger partial charge in [-0.3, -0.25) is 0 Å². The maximum atomic E-state index is 2.63. The van der Waals surface area contributed by atoms with Crippen molar-refractivity contribution in [2.45, 2.75) is 25.8 Å². The molecule has 9 aromatic rings. The molecule has 0 aromatic heterocycles. The van der Waals surface area contributed by atoms with Crippen LogP contribution in [0.4, 0.5) is 28.4 Å². The van der Waals surface area contributed by atoms with Crippen molar-refractivity contribution in [1.82, 2.24) is 0 Å². The van der Waals surface area contributed by atoms with Gasteiger partial charge in [0.05, 0.1) is 0 Å². The van der Waals surface area contributed by atoms with E-state index >= 15 is 0 Å². The van der Waals surface area contributed by atoms with Crippen LogP contribution in [0.2, 0.25) is 0 Å². The van der Waals surface area contributed by atoms with Crippen molar-refractivity contribution < 1.29 is 0 Å². The number of nitrogens with zero attached hydrogens (tertiary/aromatic N) is 2. The second-order valence-corrected chi connectivity index (χ2v) is 20.9. The summed E-state index contributed by atoms with van der Waals surface area (Å²) in [6.07, 6.45) is 0. The number of rotatable bonds is 6. The van der Waals surface area contributed by atoms with Crippen LogP contribution in [-0.2, 0) is 12.0 Å². The van der Waals surface area contributed by atoms with Crippen molar-refractivity contribution in [2.75, 3.05) is 9.80 Å². The number of hydrogen-bond acceptors (Lipinski definition) is 2. The normalized spacial score (nSPS) is 14.6. The van der Waals surface area contributed by atoms with E-state index in [4.69, 9.17) is 0 Å². The van der Waals surface area contributed by atoms with Crippen LogP contribution in [0.1, 0.15) is 30.5 Å². The van der Waals surface area contributed by atoms with Crippen molar-refractivity contribution in [2.24, 2.45) is 0 Å². The molecule has 12 rings (SSSR count). The Kier molecular flexibility index (Phi) is 8.00. The summed E-state index contributed by atoms with van der Waals surface area (Å²) in [5, 5.41) is 5.75. The van der Waals surface area contributed by atoms with E-state index < -0.39 is 8.07 Å². The Labute approximate surface area is 359 Å². The molecule has 0 bridgehead atoms. The highest BCUT2D eigenvalue weighted by Crippen LogP contribution is 2.51. The summed E-state index contributed by atoms with van der Waals surface area (Å²) in [4.78, 5) is 5.08. The van der Waals surface area contributed by atoms with Gasteiger partial charge in [0, 0.05) is 46.0 Å². The standard InChI is InChI=1S/C58H44N2Si/c1-58(2)52-29-15-12-25-47(52)48-36-34-43(38-53(48)58)60(41-19-6-3-7-20-41)42-33-35-46-40(37-42)39-59(54-30-16-13-26-49(46)54)55-31-18-28-51-50-27-14-17-32-56(50)61(57(51)55,44-21-8-4-9-22-44)45-23-10-5-11-24-45/h3-38H,39H2,1-2H3. The van der Waals surface area contributed by atoms with Gasteiger partial charge in [0.15, 0.2) is 8.07 Å². The van der Waals surface area contributed by atoms with E-state index in [1.807, 2.05) is 0 Å². The second-order valence-electron chi connectivity index (χ2n) is 17.2. The Morgan fingerprint density at radius 1 is 0.410 bits per heavy atom. The molecular formula is C58H44N2Si. The van der Waals surface area contributed by atoms with Gasteiger partial charge in [-0.25, -0.2) is 0 Å². The van der Waals surface area contributed by atoms with Crippen molar-refractivity contribution in [3.63, 3.8) is 0 Å². The van der Waals surface area contributed by atoms with E-state index in [0.717, 1.165) is 17.9 Å². The van der Waals surface area contributed by atoms with E-state index in [1.54, 1.807) is 0 Å². The van der Waals surface area contributed by atoms with Crippen LogP contribution in [-0.4, -0.2) is 8.07 Å². The topological polar surface area (TPSA) is 6.48 Å². The SMILES string of the molecule is CC1(C)c2ccccc2-c2ccc(N(c3ccccc3)c3ccc4c(c3)CN(c3cccc5c3[Si](c3ccccc3)(c3ccccc3)c3ccccc3-5)c3ccccc3-4)cc21. The van der Waals surface area contributed by atoms with Crippen LogP contribution in [0.5, 0.6) is 0 Å². The molecule has 0 radical (unpaired) electrons. The minimum Gasteiger partial charge on any atom is -0.337 e. The van der Waals surface area contributed by atoms with E-state index in [0.29, 0.717) is 0 Å². The Morgan fingerprint density at radius 2 is 0.951 bits per heavy atom. The van der Waals surface area contributed by atoms with Crippen LogP contribution < -0.4 is 30.5 Å². The van der Waals surface area contributed by atoms with Crippen molar-refractivity contribution in [1.29, 1.82) is 0 Å². The minimum absolute atomic E-state index is 0.0992. The van der Waals surface area contributed by atoms with Gasteiger partial charge in [0.2, 0.25) is 0 Å². The lowest BCUT2D eigenvalue weighted by Crippen LogP contribution is -2.73. The molecule has 1 aliphatic carbocycles. The maximum absolute atomic E-state index is 2.78. The fourth-order valence-corrected chi connectivity index (χ4v) is 16.5. The third kappa shape index (κ3) is 5.20. The monoisotopic (exact) mass is 796 g/mol. The van der Waals surface area contributed by atoms with Crippen molar-refractivity contribution in [3.05, 3.63) is 235 Å². The fourth-order valence-electron chi connectivity index (χ4n) is 11.1. The van der Waals surface area contributed by atoms with E-state index in [2.05, 4.69) is 242 Å². The number of para-hydroxylation sites is 2. The molecule has 0 saturated carbocycles. The summed E-state index contributed by atoms with van der Waals surface area (Å²) in [7, 11) is -2.78. The van der Waals surface area contributed by atoms with Crippen LogP contribution in [0.15, 0.2) is 218 Å². The lowest BCUT2D eigenvalue weighted by Gasteiger charge is -2.39. The molecule has 290 valence electrons. The summed E-state index contributed by atoms with van der Waals surface area (Å²) in [6.45, 7) is 5.48. The summed E-state index contributed by atoms with van der Waals surface area (Å²) >= 11 is 0. The zero-order chi connectivity index (χ0) is 40.7. The number of hydrogen-bond donors (Lipinski definition) is 0. The molecule has 0 fully saturated rings. The summed E-state index contributed by atoms with van der Waals surface area (Å²) < 4.78 is 0. The maximum Gasteiger partial charge on any atom is 0.183 e. The molecule has 0 N–H and O–H groups in total. The molecule has 0 unspecified atom stereocenters. The van der Waals surface area contributed by atoms with Gasteiger partial charge in [-0.1, -0.05) is 184 Å². The second kappa shape index (κ2) is 13.7. The predicted molar refractivity (Wildman–Crippen MR) is 259 cm³/mol. The van der Waals surface area contributed by atoms with E-state index in [-0.39, 0.29) is 5.41 Å². The number of anilines is 5. The Bertz CT molecular complexity index is 3110. The van der Waals surface area contributed by atoms with Gasteiger partial charge < -0.3 is 9.80 Å². The first-order chi connectivity index (χ1) is 30.0. The average molecular weight is 797 g/mol. The van der Waals surface area contributed by atoms with Crippen LogP contribution in [0.25, 0.3) is 33.4 Å². The first-order valence-corrected chi connectivity index (χ1v) is 23.5. The van der Waals surface area contributed by atoms with E-state index in [9.17, 15) is 0 Å². The number of benzene rings is 9. The molecular weight excluding hydrogens is 753 g/mol. The summed E-state index contributed by atoms with van der Waals surface area (Å²) in [5.74, 6) is 0. The van der Waals surface area contributed by atoms with Gasteiger partial charge in [-0.15, -0.1) is 0 Å². The molecule has 0 atom stereocenters. The van der Waals surface area contributed by atoms with Crippen LogP contribution in [0.3, 0.4) is 0 Å². The predicted octanol–water partition coefficient (Wildman–Crippen LogP) is 12.1. The van der Waals surface area contributed by atoms with Gasteiger partial charge in [-0.05, 0) is 114 Å². The quantitative estimate of drug-likeness (QED) is 0.155. The fraction of sp³-hybridized carbons (Fsp3) is 0.0690. The van der Waals surface area contributed by atoms with Crippen LogP contribution >= 0.6 is 0 Å². The molecule has 2 nitrogen and oxygen atoms in total. The minimum atomic E-state index is -2.78. The van der Waals surface area contributed by atoms with Crippen LogP contribution in [0, 0.1) is 0 Å². The first kappa shape index (κ1) is 35.7. The molecule has 2 aliphatic heterocycles. The Balaban J connectivity index is 1.05. The Morgan fingerprint density at radius 3 is 1.69 bits per heavy atom. The van der Waals surface area contributed by atoms with E-state index in [1.165, 1.54) is 87.9 Å². The van der Waals surface area contributed by atoms with Gasteiger partial charge >= 0.3 is 0 Å². The molecule has 3 heteroatoms. The highest BCUT2D eigenvalue weighted by Gasteiger charge is 2.51. The molecule has 0 saturated heterocycles. The molecule has 3 aliphatic rings. The highest BCUT2D eigenvalue weighted by atomic mass is 28.3. The molecule has 9 aromatic carbocycles. The lowest BCUT2D eigenvalue weighted by molar-refractivity contribution is 0.660. The third-order valence-corrected chi connectivity index (χ3v) is 18.7.